The third kappa shape index (κ3) is 5.26. The van der Waals surface area contributed by atoms with Crippen molar-refractivity contribution in [2.75, 3.05) is 0 Å². The molecule has 0 radical (unpaired) electrons. The van der Waals surface area contributed by atoms with Crippen molar-refractivity contribution >= 4 is 46.4 Å². The van der Waals surface area contributed by atoms with Gasteiger partial charge in [-0.1, -0.05) is 98.8 Å². The Kier molecular flexibility index (Phi) is 8.59. The summed E-state index contributed by atoms with van der Waals surface area (Å²) in [5.74, 6) is 0.235. The van der Waals surface area contributed by atoms with E-state index in [1.165, 1.54) is 32.1 Å². The summed E-state index contributed by atoms with van der Waals surface area (Å²) in [5.41, 5.74) is 0.826. The van der Waals surface area contributed by atoms with E-state index in [9.17, 15) is 0 Å². The third-order valence-corrected chi connectivity index (χ3v) is 5.02. The Bertz CT molecular complexity index is 408. The Labute approximate surface area is 142 Å². The van der Waals surface area contributed by atoms with Gasteiger partial charge in [-0.3, -0.25) is 0 Å². The van der Waals surface area contributed by atoms with Gasteiger partial charge in [-0.2, -0.15) is 0 Å². The molecule has 1 rings (SSSR count). The van der Waals surface area contributed by atoms with Crippen molar-refractivity contribution in [3.63, 3.8) is 0 Å². The Morgan fingerprint density at radius 3 is 1.90 bits per heavy atom. The van der Waals surface area contributed by atoms with Crippen LogP contribution in [-0.2, 0) is 0 Å². The van der Waals surface area contributed by atoms with Crippen molar-refractivity contribution < 1.29 is 0 Å². The van der Waals surface area contributed by atoms with Crippen LogP contribution in [-0.4, -0.2) is 4.98 Å². The minimum absolute atomic E-state index is 0.228. The molecule has 1 heterocycles. The van der Waals surface area contributed by atoms with Gasteiger partial charge in [0.2, 0.25) is 0 Å². The summed E-state index contributed by atoms with van der Waals surface area (Å²) in [6.45, 7) is 4.33. The van der Waals surface area contributed by atoms with E-state index in [-0.39, 0.29) is 16.2 Å². The lowest BCUT2D eigenvalue weighted by atomic mass is 9.95. The highest BCUT2D eigenvalue weighted by Crippen LogP contribution is 2.40. The Morgan fingerprint density at radius 2 is 1.35 bits per heavy atom. The molecule has 0 aliphatic carbocycles. The second-order valence-electron chi connectivity index (χ2n) is 5.19. The lowest BCUT2D eigenvalue weighted by Crippen LogP contribution is -1.99. The second-order valence-corrected chi connectivity index (χ2v) is 6.66. The fourth-order valence-electron chi connectivity index (χ4n) is 2.31. The number of hydrogen-bond acceptors (Lipinski definition) is 1. The molecular weight excluding hydrogens is 336 g/mol. The smallest absolute Gasteiger partial charge is 0.149 e. The van der Waals surface area contributed by atoms with Gasteiger partial charge in [0.05, 0.1) is 10.0 Å². The van der Waals surface area contributed by atoms with Gasteiger partial charge in [-0.05, 0) is 17.9 Å². The maximum atomic E-state index is 6.21. The van der Waals surface area contributed by atoms with Gasteiger partial charge in [-0.15, -0.1) is 0 Å². The normalized spacial score (nSPS) is 12.7. The van der Waals surface area contributed by atoms with Crippen LogP contribution in [0.25, 0.3) is 0 Å². The zero-order chi connectivity index (χ0) is 15.1. The largest absolute Gasteiger partial charge is 0.221 e. The molecule has 1 aromatic heterocycles. The number of nitrogens with zero attached hydrogens (tertiary/aromatic N) is 1. The average Bonchev–Trinajstić information content (AvgIpc) is 2.41. The topological polar surface area (TPSA) is 12.9 Å². The maximum Gasteiger partial charge on any atom is 0.149 e. The lowest BCUT2D eigenvalue weighted by molar-refractivity contribution is 0.557. The average molecular weight is 357 g/mol. The highest BCUT2D eigenvalue weighted by Gasteiger charge is 2.20. The van der Waals surface area contributed by atoms with E-state index in [4.69, 9.17) is 46.4 Å². The molecule has 0 saturated carbocycles. The molecule has 0 spiro atoms. The van der Waals surface area contributed by atoms with Gasteiger partial charge in [0, 0.05) is 0 Å². The van der Waals surface area contributed by atoms with Crippen LogP contribution in [0, 0.1) is 0 Å². The van der Waals surface area contributed by atoms with Crippen LogP contribution in [0.5, 0.6) is 0 Å². The van der Waals surface area contributed by atoms with E-state index in [1.807, 2.05) is 0 Å². The summed E-state index contributed by atoms with van der Waals surface area (Å²) in [5, 5.41) is 1.32. The van der Waals surface area contributed by atoms with Crippen molar-refractivity contribution in [3.8, 4) is 0 Å². The van der Waals surface area contributed by atoms with Gasteiger partial charge in [0.15, 0.2) is 0 Å². The Morgan fingerprint density at radius 1 is 0.850 bits per heavy atom. The van der Waals surface area contributed by atoms with Crippen molar-refractivity contribution in [2.24, 2.45) is 0 Å². The van der Waals surface area contributed by atoms with Crippen LogP contribution in [0.3, 0.4) is 0 Å². The molecule has 1 unspecified atom stereocenters. The van der Waals surface area contributed by atoms with Gasteiger partial charge in [-0.25, -0.2) is 4.98 Å². The van der Waals surface area contributed by atoms with E-state index in [0.717, 1.165) is 18.4 Å². The number of aromatic nitrogens is 1. The number of halogens is 4. The number of unbranched alkanes of at least 4 members (excludes halogenated alkanes) is 5. The molecule has 20 heavy (non-hydrogen) atoms. The van der Waals surface area contributed by atoms with Crippen molar-refractivity contribution in [2.45, 2.75) is 64.7 Å². The number of pyridine rings is 1. The molecule has 0 aromatic carbocycles. The Hall–Kier alpha value is 0.310. The molecular formula is C15H21Cl4N. The van der Waals surface area contributed by atoms with Crippen LogP contribution < -0.4 is 0 Å². The van der Waals surface area contributed by atoms with Gasteiger partial charge in [0.1, 0.15) is 10.3 Å². The zero-order valence-electron chi connectivity index (χ0n) is 12.0. The zero-order valence-corrected chi connectivity index (χ0v) is 15.0. The summed E-state index contributed by atoms with van der Waals surface area (Å²) >= 11 is 24.4. The molecule has 0 fully saturated rings. The molecule has 0 saturated heterocycles. The van der Waals surface area contributed by atoms with Crippen molar-refractivity contribution in [3.05, 3.63) is 25.9 Å². The Balaban J connectivity index is 2.57. The molecule has 0 aliphatic rings. The summed E-state index contributed by atoms with van der Waals surface area (Å²) < 4.78 is 0. The minimum atomic E-state index is 0.228. The predicted octanol–water partition coefficient (Wildman–Crippen LogP) is 7.55. The van der Waals surface area contributed by atoms with Crippen LogP contribution in [0.2, 0.25) is 20.4 Å². The van der Waals surface area contributed by atoms with E-state index >= 15 is 0 Å². The fourth-order valence-corrected chi connectivity index (χ4v) is 3.42. The van der Waals surface area contributed by atoms with Crippen LogP contribution in [0.1, 0.15) is 70.3 Å². The molecule has 5 heteroatoms. The van der Waals surface area contributed by atoms with Gasteiger partial charge in [0.25, 0.3) is 0 Å². The first kappa shape index (κ1) is 18.4. The third-order valence-electron chi connectivity index (χ3n) is 3.51. The highest BCUT2D eigenvalue weighted by atomic mass is 35.5. The van der Waals surface area contributed by atoms with Crippen molar-refractivity contribution in [1.29, 1.82) is 0 Å². The summed E-state index contributed by atoms with van der Waals surface area (Å²) in [4.78, 5) is 3.91. The molecule has 0 bridgehead atoms. The van der Waals surface area contributed by atoms with E-state index < -0.39 is 0 Å². The number of hydrogen-bond donors (Lipinski definition) is 0. The summed E-state index contributed by atoms with van der Waals surface area (Å²) in [6, 6.07) is 0. The SMILES string of the molecule is CCCCCCCCC(C)c1c(Cl)c(Cl)nc(Cl)c1Cl. The quantitative estimate of drug-likeness (QED) is 0.346. The lowest BCUT2D eigenvalue weighted by Gasteiger charge is -2.16. The van der Waals surface area contributed by atoms with Crippen LogP contribution in [0.4, 0.5) is 0 Å². The molecule has 0 amide bonds. The van der Waals surface area contributed by atoms with Crippen LogP contribution in [0.15, 0.2) is 0 Å². The van der Waals surface area contributed by atoms with Gasteiger partial charge >= 0.3 is 0 Å². The first-order valence-electron chi connectivity index (χ1n) is 7.18. The number of rotatable bonds is 8. The second kappa shape index (κ2) is 9.35. The maximum absolute atomic E-state index is 6.21. The first-order valence-corrected chi connectivity index (χ1v) is 8.70. The van der Waals surface area contributed by atoms with Crippen LogP contribution >= 0.6 is 46.4 Å². The molecule has 1 nitrogen and oxygen atoms in total. The van der Waals surface area contributed by atoms with E-state index in [2.05, 4.69) is 18.8 Å². The monoisotopic (exact) mass is 355 g/mol. The van der Waals surface area contributed by atoms with E-state index in [1.54, 1.807) is 0 Å². The predicted molar refractivity (Wildman–Crippen MR) is 90.7 cm³/mol. The van der Waals surface area contributed by atoms with Crippen molar-refractivity contribution in [1.82, 2.24) is 4.98 Å². The standard InChI is InChI=1S/C15H21Cl4N/c1-3-4-5-6-7-8-9-10(2)11-12(16)14(18)20-15(19)13(11)17/h10H,3-9H2,1-2H3. The summed E-state index contributed by atoms with van der Waals surface area (Å²) in [7, 11) is 0. The first-order chi connectivity index (χ1) is 9.49. The molecule has 0 N–H and O–H groups in total. The van der Waals surface area contributed by atoms with E-state index in [0.29, 0.717) is 10.0 Å². The minimum Gasteiger partial charge on any atom is -0.221 e. The molecule has 1 atom stereocenters. The molecule has 114 valence electrons. The highest BCUT2D eigenvalue weighted by molar-refractivity contribution is 6.46. The fraction of sp³-hybridized carbons (Fsp3) is 0.667. The molecule has 1 aromatic rings. The van der Waals surface area contributed by atoms with Gasteiger partial charge < -0.3 is 0 Å². The molecule has 0 aliphatic heterocycles. The summed E-state index contributed by atoms with van der Waals surface area (Å²) in [6.07, 6.45) is 8.64.